The van der Waals surface area contributed by atoms with Crippen molar-refractivity contribution in [2.45, 2.75) is 32.6 Å². The van der Waals surface area contributed by atoms with E-state index in [4.69, 9.17) is 0 Å². The number of carbonyl (C=O) groups is 1. The van der Waals surface area contributed by atoms with Crippen LogP contribution in [0.4, 0.5) is 17.2 Å². The number of nitrogens with zero attached hydrogens (tertiary/aromatic N) is 3. The number of benzene rings is 2. The third-order valence-electron chi connectivity index (χ3n) is 5.03. The van der Waals surface area contributed by atoms with Crippen LogP contribution in [-0.2, 0) is 11.8 Å². The zero-order valence-electron chi connectivity index (χ0n) is 16.4. The third-order valence-corrected chi connectivity index (χ3v) is 5.03. The number of anilines is 3. The van der Waals surface area contributed by atoms with Crippen LogP contribution in [0, 0.1) is 0 Å². The van der Waals surface area contributed by atoms with Crippen LogP contribution in [0.2, 0.25) is 0 Å². The van der Waals surface area contributed by atoms with Gasteiger partial charge in [-0.25, -0.2) is 9.97 Å². The second-order valence-corrected chi connectivity index (χ2v) is 8.07. The fourth-order valence-electron chi connectivity index (χ4n) is 3.39. The molecule has 4 rings (SSSR count). The number of fused-ring (bicyclic) bond motifs is 1. The van der Waals surface area contributed by atoms with E-state index in [9.17, 15) is 4.79 Å². The van der Waals surface area contributed by atoms with Crippen molar-refractivity contribution in [2.24, 2.45) is 0 Å². The van der Waals surface area contributed by atoms with Gasteiger partial charge in [-0.1, -0.05) is 51.1 Å². The van der Waals surface area contributed by atoms with Crippen LogP contribution >= 0.6 is 0 Å². The van der Waals surface area contributed by atoms with Crippen molar-refractivity contribution in [3.8, 4) is 0 Å². The van der Waals surface area contributed by atoms with Crippen molar-refractivity contribution in [3.63, 3.8) is 0 Å². The summed E-state index contributed by atoms with van der Waals surface area (Å²) in [6, 6.07) is 16.3. The first-order valence-corrected chi connectivity index (χ1v) is 9.51. The molecule has 3 aromatic rings. The molecule has 0 atom stereocenters. The molecule has 1 aliphatic rings. The lowest BCUT2D eigenvalue weighted by Crippen LogP contribution is -2.29. The zero-order chi connectivity index (χ0) is 19.7. The average Bonchev–Trinajstić information content (AvgIpc) is 3.12. The molecule has 0 spiro atoms. The number of hydrogen-bond donors (Lipinski definition) is 1. The highest BCUT2D eigenvalue weighted by Gasteiger charge is 2.26. The first kappa shape index (κ1) is 18.2. The fraction of sp³-hybridized carbons (Fsp3) is 0.261. The largest absolute Gasteiger partial charge is 0.339 e. The monoisotopic (exact) mass is 372 g/mol. The zero-order valence-corrected chi connectivity index (χ0v) is 16.4. The Kier molecular flexibility index (Phi) is 4.59. The van der Waals surface area contributed by atoms with Gasteiger partial charge in [0, 0.05) is 17.9 Å². The summed E-state index contributed by atoms with van der Waals surface area (Å²) >= 11 is 0. The minimum Gasteiger partial charge on any atom is -0.339 e. The van der Waals surface area contributed by atoms with Crippen molar-refractivity contribution < 1.29 is 4.79 Å². The lowest BCUT2D eigenvalue weighted by molar-refractivity contribution is 0.0984. The summed E-state index contributed by atoms with van der Waals surface area (Å²) in [5, 5.41) is 3.24. The van der Waals surface area contributed by atoms with Crippen molar-refractivity contribution in [2.75, 3.05) is 16.8 Å². The van der Waals surface area contributed by atoms with Crippen LogP contribution in [0.1, 0.15) is 42.4 Å². The number of amides is 1. The Morgan fingerprint density at radius 2 is 1.75 bits per heavy atom. The van der Waals surface area contributed by atoms with Gasteiger partial charge in [0.2, 0.25) is 0 Å². The second-order valence-electron chi connectivity index (χ2n) is 8.07. The van der Waals surface area contributed by atoms with Crippen molar-refractivity contribution >= 4 is 23.1 Å². The molecule has 0 fully saturated rings. The molecule has 1 N–H and O–H groups in total. The van der Waals surface area contributed by atoms with E-state index in [0.29, 0.717) is 18.1 Å². The van der Waals surface area contributed by atoms with Crippen LogP contribution in [0.15, 0.2) is 60.9 Å². The maximum absolute atomic E-state index is 12.8. The Morgan fingerprint density at radius 3 is 2.43 bits per heavy atom. The molecule has 5 heteroatoms. The van der Waals surface area contributed by atoms with Gasteiger partial charge in [0.15, 0.2) is 0 Å². The number of aromatic nitrogens is 2. The molecule has 0 radical (unpaired) electrons. The Balaban J connectivity index is 1.46. The molecular formula is C23H24N4O. The summed E-state index contributed by atoms with van der Waals surface area (Å²) < 4.78 is 0. The Labute approximate surface area is 165 Å². The summed E-state index contributed by atoms with van der Waals surface area (Å²) in [5.41, 5.74) is 4.85. The van der Waals surface area contributed by atoms with Gasteiger partial charge in [-0.3, -0.25) is 4.79 Å². The molecule has 142 valence electrons. The molecule has 0 unspecified atom stereocenters. The molecule has 0 saturated carbocycles. The molecular weight excluding hydrogens is 348 g/mol. The van der Waals surface area contributed by atoms with Gasteiger partial charge in [0.05, 0.1) is 12.4 Å². The molecule has 0 saturated heterocycles. The van der Waals surface area contributed by atoms with Gasteiger partial charge in [-0.05, 0) is 41.2 Å². The lowest BCUT2D eigenvalue weighted by Gasteiger charge is -2.19. The number of nitrogens with one attached hydrogen (secondary N) is 1. The van der Waals surface area contributed by atoms with E-state index in [1.54, 1.807) is 11.1 Å². The summed E-state index contributed by atoms with van der Waals surface area (Å²) in [7, 11) is 0. The number of carbonyl (C=O) groups excluding carboxylic acids is 1. The van der Waals surface area contributed by atoms with Crippen LogP contribution in [-0.4, -0.2) is 22.4 Å². The number of hydrogen-bond acceptors (Lipinski definition) is 4. The molecule has 1 amide bonds. The molecule has 2 aromatic carbocycles. The molecule has 5 nitrogen and oxygen atoms in total. The highest BCUT2D eigenvalue weighted by Crippen LogP contribution is 2.28. The summed E-state index contributed by atoms with van der Waals surface area (Å²) in [6.45, 7) is 7.25. The third kappa shape index (κ3) is 3.60. The fourth-order valence-corrected chi connectivity index (χ4v) is 3.39. The first-order valence-electron chi connectivity index (χ1n) is 9.51. The van der Waals surface area contributed by atoms with Crippen molar-refractivity contribution in [3.05, 3.63) is 77.7 Å². The minimum atomic E-state index is -0.112. The van der Waals surface area contributed by atoms with Crippen LogP contribution < -0.4 is 10.2 Å². The van der Waals surface area contributed by atoms with Crippen molar-refractivity contribution in [1.82, 2.24) is 9.97 Å². The maximum Gasteiger partial charge on any atom is 0.278 e. The van der Waals surface area contributed by atoms with E-state index in [1.807, 2.05) is 30.3 Å². The topological polar surface area (TPSA) is 58.1 Å². The summed E-state index contributed by atoms with van der Waals surface area (Å²) in [6.07, 6.45) is 4.02. The normalized spacial score (nSPS) is 13.3. The van der Waals surface area contributed by atoms with Crippen LogP contribution in [0.3, 0.4) is 0 Å². The Bertz CT molecular complexity index is 988. The highest BCUT2D eigenvalue weighted by molar-refractivity contribution is 6.05. The van der Waals surface area contributed by atoms with Gasteiger partial charge in [0.1, 0.15) is 11.5 Å². The second kappa shape index (κ2) is 7.08. The summed E-state index contributed by atoms with van der Waals surface area (Å²) in [4.78, 5) is 23.3. The standard InChI is InChI=1S/C23H24N4O/c1-23(2,3)17-8-10-18(11-9-17)26-21-15-24-19(14-25-21)22(28)27-13-12-16-6-4-5-7-20(16)27/h4-11,14-15H,12-13H2,1-3H3,(H,25,26). The molecule has 2 heterocycles. The van der Waals surface area contributed by atoms with Crippen LogP contribution in [0.25, 0.3) is 0 Å². The smallest absolute Gasteiger partial charge is 0.278 e. The first-order chi connectivity index (χ1) is 13.4. The van der Waals surface area contributed by atoms with Gasteiger partial charge >= 0.3 is 0 Å². The van der Waals surface area contributed by atoms with E-state index < -0.39 is 0 Å². The molecule has 1 aliphatic heterocycles. The minimum absolute atomic E-state index is 0.112. The molecule has 1 aromatic heterocycles. The van der Waals surface area contributed by atoms with Crippen molar-refractivity contribution in [1.29, 1.82) is 0 Å². The predicted octanol–water partition coefficient (Wildman–Crippen LogP) is 4.72. The molecule has 0 bridgehead atoms. The SMILES string of the molecule is CC(C)(C)c1ccc(Nc2cnc(C(=O)N3CCc4ccccc43)cn2)cc1. The summed E-state index contributed by atoms with van der Waals surface area (Å²) in [5.74, 6) is 0.500. The Morgan fingerprint density at radius 1 is 1.00 bits per heavy atom. The van der Waals surface area contributed by atoms with Crippen LogP contribution in [0.5, 0.6) is 0 Å². The van der Waals surface area contributed by atoms with E-state index in [-0.39, 0.29) is 11.3 Å². The Hall–Kier alpha value is -3.21. The van der Waals surface area contributed by atoms with Gasteiger partial charge in [-0.15, -0.1) is 0 Å². The van der Waals surface area contributed by atoms with Gasteiger partial charge in [0.25, 0.3) is 5.91 Å². The van der Waals surface area contributed by atoms with E-state index in [2.05, 4.69) is 54.3 Å². The highest BCUT2D eigenvalue weighted by atomic mass is 16.2. The van der Waals surface area contributed by atoms with Gasteiger partial charge in [-0.2, -0.15) is 0 Å². The molecule has 0 aliphatic carbocycles. The van der Waals surface area contributed by atoms with E-state index >= 15 is 0 Å². The maximum atomic E-state index is 12.8. The number of para-hydroxylation sites is 1. The van der Waals surface area contributed by atoms with Gasteiger partial charge < -0.3 is 10.2 Å². The quantitative estimate of drug-likeness (QED) is 0.723. The lowest BCUT2D eigenvalue weighted by atomic mass is 9.87. The predicted molar refractivity (Wildman–Crippen MR) is 112 cm³/mol. The number of rotatable bonds is 3. The van der Waals surface area contributed by atoms with E-state index in [1.165, 1.54) is 17.3 Å². The van der Waals surface area contributed by atoms with E-state index in [0.717, 1.165) is 17.8 Å². The molecule has 28 heavy (non-hydrogen) atoms. The average molecular weight is 372 g/mol.